The van der Waals surface area contributed by atoms with Crippen molar-refractivity contribution in [2.75, 3.05) is 18.0 Å². The monoisotopic (exact) mass is 246 g/mol. The minimum atomic E-state index is -0.0000671. The first kappa shape index (κ1) is 11.8. The van der Waals surface area contributed by atoms with E-state index in [2.05, 4.69) is 27.9 Å². The molecule has 0 fully saturated rings. The minimum absolute atomic E-state index is 0.0000671. The molecule has 0 aliphatic rings. The number of nitriles is 1. The van der Waals surface area contributed by atoms with Crippen LogP contribution in [0.15, 0.2) is 17.8 Å². The fourth-order valence-electron chi connectivity index (χ4n) is 1.74. The average molecular weight is 246 g/mol. The highest BCUT2D eigenvalue weighted by Gasteiger charge is 2.14. The van der Waals surface area contributed by atoms with E-state index in [1.807, 2.05) is 18.4 Å². The number of nitrogens with zero attached hydrogens (tertiary/aromatic N) is 4. The van der Waals surface area contributed by atoms with E-state index in [9.17, 15) is 0 Å². The second kappa shape index (κ2) is 5.11. The quantitative estimate of drug-likeness (QED) is 0.832. The van der Waals surface area contributed by atoms with E-state index in [4.69, 9.17) is 5.26 Å². The molecule has 0 saturated heterocycles. The molecule has 4 nitrogen and oxygen atoms in total. The zero-order valence-electron chi connectivity index (χ0n) is 9.92. The second-order valence-electron chi connectivity index (χ2n) is 3.90. The molecule has 0 amide bonds. The molecule has 5 heteroatoms. The fourth-order valence-corrected chi connectivity index (χ4v) is 2.60. The summed E-state index contributed by atoms with van der Waals surface area (Å²) in [5.74, 6) is 0.939. The van der Waals surface area contributed by atoms with Gasteiger partial charge in [0.15, 0.2) is 0 Å². The SMILES string of the molecule is CCN(CC(C)C#N)c1ncnc2ccsc12. The zero-order chi connectivity index (χ0) is 12.3. The second-order valence-corrected chi connectivity index (χ2v) is 4.82. The van der Waals surface area contributed by atoms with Gasteiger partial charge in [-0.3, -0.25) is 0 Å². The number of fused-ring (bicyclic) bond motifs is 1. The molecule has 0 bridgehead atoms. The Hall–Kier alpha value is -1.67. The smallest absolute Gasteiger partial charge is 0.150 e. The van der Waals surface area contributed by atoms with Gasteiger partial charge in [-0.1, -0.05) is 0 Å². The molecule has 1 atom stereocenters. The van der Waals surface area contributed by atoms with Crippen molar-refractivity contribution in [2.45, 2.75) is 13.8 Å². The number of rotatable bonds is 4. The van der Waals surface area contributed by atoms with Crippen LogP contribution in [0.5, 0.6) is 0 Å². The first-order valence-corrected chi connectivity index (χ1v) is 6.47. The van der Waals surface area contributed by atoms with Crippen LogP contribution in [0.3, 0.4) is 0 Å². The van der Waals surface area contributed by atoms with E-state index >= 15 is 0 Å². The lowest BCUT2D eigenvalue weighted by molar-refractivity contribution is 0.681. The van der Waals surface area contributed by atoms with Gasteiger partial charge in [0.1, 0.15) is 12.1 Å². The summed E-state index contributed by atoms with van der Waals surface area (Å²) in [6.07, 6.45) is 1.59. The first-order valence-electron chi connectivity index (χ1n) is 5.59. The highest BCUT2D eigenvalue weighted by molar-refractivity contribution is 7.17. The van der Waals surface area contributed by atoms with Gasteiger partial charge in [-0.15, -0.1) is 11.3 Å². The van der Waals surface area contributed by atoms with Crippen LogP contribution in [-0.2, 0) is 0 Å². The fraction of sp³-hybridized carbons (Fsp3) is 0.417. The third kappa shape index (κ3) is 2.37. The van der Waals surface area contributed by atoms with E-state index in [1.165, 1.54) is 0 Å². The summed E-state index contributed by atoms with van der Waals surface area (Å²) < 4.78 is 1.10. The summed E-state index contributed by atoms with van der Waals surface area (Å²) in [6.45, 7) is 5.55. The van der Waals surface area contributed by atoms with Gasteiger partial charge >= 0.3 is 0 Å². The Bertz CT molecular complexity index is 543. The molecule has 0 aromatic carbocycles. The molecule has 2 aromatic heterocycles. The van der Waals surface area contributed by atoms with Crippen LogP contribution >= 0.6 is 11.3 Å². The van der Waals surface area contributed by atoms with Gasteiger partial charge < -0.3 is 4.90 Å². The third-order valence-electron chi connectivity index (χ3n) is 2.62. The van der Waals surface area contributed by atoms with E-state index in [1.54, 1.807) is 17.7 Å². The molecule has 0 spiro atoms. The largest absolute Gasteiger partial charge is 0.354 e. The molecule has 0 aliphatic heterocycles. The molecule has 2 heterocycles. The van der Waals surface area contributed by atoms with Crippen molar-refractivity contribution in [1.29, 1.82) is 5.26 Å². The van der Waals surface area contributed by atoms with Crippen molar-refractivity contribution in [1.82, 2.24) is 9.97 Å². The van der Waals surface area contributed by atoms with Crippen LogP contribution in [-0.4, -0.2) is 23.1 Å². The lowest BCUT2D eigenvalue weighted by Gasteiger charge is -2.23. The van der Waals surface area contributed by atoms with Crippen molar-refractivity contribution < 1.29 is 0 Å². The van der Waals surface area contributed by atoms with Crippen molar-refractivity contribution >= 4 is 27.4 Å². The summed E-state index contributed by atoms with van der Waals surface area (Å²) in [6, 6.07) is 4.25. The van der Waals surface area contributed by atoms with E-state index < -0.39 is 0 Å². The van der Waals surface area contributed by atoms with Crippen molar-refractivity contribution in [3.8, 4) is 6.07 Å². The van der Waals surface area contributed by atoms with Crippen LogP contribution in [0.4, 0.5) is 5.82 Å². The first-order chi connectivity index (χ1) is 8.26. The summed E-state index contributed by atoms with van der Waals surface area (Å²) >= 11 is 1.64. The maximum Gasteiger partial charge on any atom is 0.150 e. The maximum atomic E-state index is 8.89. The summed E-state index contributed by atoms with van der Waals surface area (Å²) in [5, 5.41) is 10.9. The number of aromatic nitrogens is 2. The van der Waals surface area contributed by atoms with Crippen LogP contribution < -0.4 is 4.90 Å². The van der Waals surface area contributed by atoms with E-state index in [-0.39, 0.29) is 5.92 Å². The maximum absolute atomic E-state index is 8.89. The molecule has 0 N–H and O–H groups in total. The molecule has 88 valence electrons. The molecule has 2 aromatic rings. The zero-order valence-corrected chi connectivity index (χ0v) is 10.7. The van der Waals surface area contributed by atoms with Crippen LogP contribution in [0.2, 0.25) is 0 Å². The Morgan fingerprint density at radius 3 is 3.06 bits per heavy atom. The molecule has 2 rings (SSSR count). The van der Waals surface area contributed by atoms with E-state index in [0.717, 1.165) is 22.6 Å². The molecular formula is C12H14N4S. The molecule has 0 saturated carbocycles. The van der Waals surface area contributed by atoms with Crippen LogP contribution in [0, 0.1) is 17.2 Å². The molecule has 1 unspecified atom stereocenters. The Morgan fingerprint density at radius 1 is 1.53 bits per heavy atom. The Morgan fingerprint density at radius 2 is 2.35 bits per heavy atom. The third-order valence-corrected chi connectivity index (χ3v) is 3.52. The predicted molar refractivity (Wildman–Crippen MR) is 70.1 cm³/mol. The van der Waals surface area contributed by atoms with Gasteiger partial charge in [0, 0.05) is 13.1 Å². The number of thiophene rings is 1. The lowest BCUT2D eigenvalue weighted by atomic mass is 10.2. The van der Waals surface area contributed by atoms with Gasteiger partial charge in [-0.05, 0) is 25.3 Å². The average Bonchev–Trinajstić information content (AvgIpc) is 2.83. The Kier molecular flexibility index (Phi) is 3.55. The number of hydrogen-bond acceptors (Lipinski definition) is 5. The van der Waals surface area contributed by atoms with Crippen molar-refractivity contribution in [2.24, 2.45) is 5.92 Å². The van der Waals surface area contributed by atoms with Crippen LogP contribution in [0.25, 0.3) is 10.2 Å². The highest BCUT2D eigenvalue weighted by atomic mass is 32.1. The number of anilines is 1. The normalized spacial score (nSPS) is 12.3. The summed E-state index contributed by atoms with van der Waals surface area (Å²) in [5.41, 5.74) is 0.975. The minimum Gasteiger partial charge on any atom is -0.354 e. The molecule has 0 aliphatic carbocycles. The lowest BCUT2D eigenvalue weighted by Crippen LogP contribution is -2.28. The summed E-state index contributed by atoms with van der Waals surface area (Å²) in [7, 11) is 0. The standard InChI is InChI=1S/C12H14N4S/c1-3-16(7-9(2)6-13)12-11-10(4-5-17-11)14-8-15-12/h4-5,8-9H,3,7H2,1-2H3. The summed E-state index contributed by atoms with van der Waals surface area (Å²) in [4.78, 5) is 10.7. The Balaban J connectivity index is 2.36. The van der Waals surface area contributed by atoms with Crippen molar-refractivity contribution in [3.05, 3.63) is 17.8 Å². The predicted octanol–water partition coefficient (Wildman–Crippen LogP) is 2.68. The van der Waals surface area contributed by atoms with Gasteiger partial charge in [0.25, 0.3) is 0 Å². The topological polar surface area (TPSA) is 52.8 Å². The molecule has 0 radical (unpaired) electrons. The van der Waals surface area contributed by atoms with Gasteiger partial charge in [-0.2, -0.15) is 5.26 Å². The van der Waals surface area contributed by atoms with Gasteiger partial charge in [-0.25, -0.2) is 9.97 Å². The Labute approximate surface area is 105 Å². The van der Waals surface area contributed by atoms with E-state index in [0.29, 0.717) is 6.54 Å². The van der Waals surface area contributed by atoms with Crippen LogP contribution in [0.1, 0.15) is 13.8 Å². The van der Waals surface area contributed by atoms with Crippen molar-refractivity contribution in [3.63, 3.8) is 0 Å². The van der Waals surface area contributed by atoms with Gasteiger partial charge in [0.05, 0.1) is 22.2 Å². The van der Waals surface area contributed by atoms with Gasteiger partial charge in [0.2, 0.25) is 0 Å². The molecule has 17 heavy (non-hydrogen) atoms. The number of hydrogen-bond donors (Lipinski definition) is 0. The highest BCUT2D eigenvalue weighted by Crippen LogP contribution is 2.28. The molecular weight excluding hydrogens is 232 g/mol.